The van der Waals surface area contributed by atoms with E-state index < -0.39 is 11.9 Å². The molecule has 0 saturated heterocycles. The van der Waals surface area contributed by atoms with Crippen LogP contribution in [-0.2, 0) is 5.41 Å². The van der Waals surface area contributed by atoms with Gasteiger partial charge >= 0.3 is 11.9 Å². The third-order valence-electron chi connectivity index (χ3n) is 8.41. The van der Waals surface area contributed by atoms with Gasteiger partial charge in [0.15, 0.2) is 0 Å². The van der Waals surface area contributed by atoms with Crippen molar-refractivity contribution >= 4 is 11.9 Å². The van der Waals surface area contributed by atoms with Crippen molar-refractivity contribution in [3.63, 3.8) is 0 Å². The Labute approximate surface area is 266 Å². The van der Waals surface area contributed by atoms with E-state index in [1.54, 1.807) is 48.5 Å². The van der Waals surface area contributed by atoms with Crippen LogP contribution in [0, 0.1) is 0 Å². The summed E-state index contributed by atoms with van der Waals surface area (Å²) in [6, 6.07) is 29.8. The van der Waals surface area contributed by atoms with E-state index in [0.717, 1.165) is 62.9 Å². The van der Waals surface area contributed by atoms with Gasteiger partial charge in [-0.05, 0) is 110 Å². The Bertz CT molecular complexity index is 1400. The number of rotatable bonds is 14. The summed E-state index contributed by atoms with van der Waals surface area (Å²) in [6.07, 6.45) is 8.42. The second-order valence-electron chi connectivity index (χ2n) is 11.6. The Morgan fingerprint density at radius 1 is 0.533 bits per heavy atom. The normalized spacial score (nSPS) is 13.6. The molecule has 6 heteroatoms. The largest absolute Gasteiger partial charge is 0.494 e. The Balaban J connectivity index is 1.21. The molecule has 0 bridgehead atoms. The molecule has 6 nitrogen and oxygen atoms in total. The number of hydrogen-bond acceptors (Lipinski definition) is 6. The van der Waals surface area contributed by atoms with Crippen LogP contribution in [0.3, 0.4) is 0 Å². The average Bonchev–Trinajstić information content (AvgIpc) is 3.58. The van der Waals surface area contributed by atoms with Crippen molar-refractivity contribution in [2.75, 3.05) is 13.2 Å². The first-order chi connectivity index (χ1) is 22.0. The monoisotopic (exact) mass is 606 g/mol. The van der Waals surface area contributed by atoms with E-state index in [1.807, 2.05) is 24.3 Å². The minimum atomic E-state index is -0.403. The lowest BCUT2D eigenvalue weighted by molar-refractivity contribution is 0.0725. The molecule has 234 valence electrons. The summed E-state index contributed by atoms with van der Waals surface area (Å²) in [5.74, 6) is 1.69. The van der Waals surface area contributed by atoms with Gasteiger partial charge < -0.3 is 18.9 Å². The summed E-state index contributed by atoms with van der Waals surface area (Å²) < 4.78 is 22.7. The molecule has 1 saturated carbocycles. The highest BCUT2D eigenvalue weighted by molar-refractivity contribution is 5.91. The van der Waals surface area contributed by atoms with Gasteiger partial charge in [-0.25, -0.2) is 9.59 Å². The Morgan fingerprint density at radius 2 is 0.889 bits per heavy atom. The second kappa shape index (κ2) is 15.4. The van der Waals surface area contributed by atoms with Gasteiger partial charge in [0.05, 0.1) is 24.3 Å². The van der Waals surface area contributed by atoms with Crippen LogP contribution in [0.15, 0.2) is 97.1 Å². The third kappa shape index (κ3) is 8.13. The number of hydrogen-bond donors (Lipinski definition) is 0. The molecule has 4 aromatic carbocycles. The average molecular weight is 607 g/mol. The van der Waals surface area contributed by atoms with Crippen molar-refractivity contribution in [3.8, 4) is 23.0 Å². The quantitative estimate of drug-likeness (QED) is 0.0809. The van der Waals surface area contributed by atoms with Crippen LogP contribution in [0.2, 0.25) is 0 Å². The summed E-state index contributed by atoms with van der Waals surface area (Å²) >= 11 is 0. The first-order valence-corrected chi connectivity index (χ1v) is 16.1. The first kappa shape index (κ1) is 31.8. The topological polar surface area (TPSA) is 71.1 Å². The molecule has 5 rings (SSSR count). The smallest absolute Gasteiger partial charge is 0.343 e. The zero-order chi connectivity index (χ0) is 31.5. The lowest BCUT2D eigenvalue weighted by atomic mass is 9.73. The van der Waals surface area contributed by atoms with E-state index in [1.165, 1.54) is 11.1 Å². The predicted octanol–water partition coefficient (Wildman–Crippen LogP) is 9.34. The zero-order valence-electron chi connectivity index (χ0n) is 26.3. The number of carbonyl (C=O) groups is 2. The highest BCUT2D eigenvalue weighted by atomic mass is 16.5. The highest BCUT2D eigenvalue weighted by Gasteiger charge is 2.37. The number of esters is 2. The van der Waals surface area contributed by atoms with Crippen LogP contribution in [0.25, 0.3) is 0 Å². The molecule has 0 amide bonds. The van der Waals surface area contributed by atoms with Crippen molar-refractivity contribution in [3.05, 3.63) is 119 Å². The van der Waals surface area contributed by atoms with Gasteiger partial charge in [0.1, 0.15) is 23.0 Å². The van der Waals surface area contributed by atoms with Crippen LogP contribution in [-0.4, -0.2) is 25.2 Å². The SMILES string of the molecule is CCCCOc1ccc(C(=O)Oc2ccc(C3(c4ccc(OC(=O)c5ccc(OCCCC)cc5)cc4)CCCC3)cc2)cc1. The summed E-state index contributed by atoms with van der Waals surface area (Å²) in [7, 11) is 0. The van der Waals surface area contributed by atoms with E-state index in [2.05, 4.69) is 38.1 Å². The summed E-state index contributed by atoms with van der Waals surface area (Å²) in [4.78, 5) is 25.5. The Morgan fingerprint density at radius 3 is 1.24 bits per heavy atom. The maximum atomic E-state index is 12.8. The van der Waals surface area contributed by atoms with Gasteiger partial charge in [-0.1, -0.05) is 63.8 Å². The fraction of sp³-hybridized carbons (Fsp3) is 0.333. The lowest BCUT2D eigenvalue weighted by Crippen LogP contribution is -2.23. The van der Waals surface area contributed by atoms with Crippen LogP contribution in [0.4, 0.5) is 0 Å². The third-order valence-corrected chi connectivity index (χ3v) is 8.41. The van der Waals surface area contributed by atoms with Crippen molar-refractivity contribution in [2.45, 2.75) is 70.6 Å². The number of carbonyl (C=O) groups excluding carboxylic acids is 2. The molecule has 1 fully saturated rings. The standard InChI is InChI=1S/C39H42O6/c1-3-5-27-42-33-17-9-29(10-18-33)37(40)44-35-21-13-31(14-22-35)39(25-7-8-26-39)32-15-23-36(24-16-32)45-38(41)30-11-19-34(20-12-30)43-28-6-4-2/h9-24H,3-8,25-28H2,1-2H3. The molecule has 0 spiro atoms. The summed E-state index contributed by atoms with van der Waals surface area (Å²) in [5, 5.41) is 0. The van der Waals surface area contributed by atoms with Gasteiger partial charge in [0.25, 0.3) is 0 Å². The van der Waals surface area contributed by atoms with Crippen molar-refractivity contribution in [2.24, 2.45) is 0 Å². The molecule has 1 aliphatic rings. The molecule has 45 heavy (non-hydrogen) atoms. The molecule has 0 unspecified atom stereocenters. The van der Waals surface area contributed by atoms with E-state index >= 15 is 0 Å². The molecule has 0 N–H and O–H groups in total. The van der Waals surface area contributed by atoms with Gasteiger partial charge in [-0.15, -0.1) is 0 Å². The van der Waals surface area contributed by atoms with E-state index in [9.17, 15) is 9.59 Å². The van der Waals surface area contributed by atoms with Crippen molar-refractivity contribution < 1.29 is 28.5 Å². The molecule has 4 aromatic rings. The minimum Gasteiger partial charge on any atom is -0.494 e. The van der Waals surface area contributed by atoms with Crippen molar-refractivity contribution in [1.29, 1.82) is 0 Å². The van der Waals surface area contributed by atoms with Crippen LogP contribution >= 0.6 is 0 Å². The van der Waals surface area contributed by atoms with E-state index in [0.29, 0.717) is 35.8 Å². The van der Waals surface area contributed by atoms with Gasteiger partial charge in [-0.3, -0.25) is 0 Å². The highest BCUT2D eigenvalue weighted by Crippen LogP contribution is 2.47. The maximum Gasteiger partial charge on any atom is 0.343 e. The number of unbranched alkanes of at least 4 members (excludes halogenated alkanes) is 2. The molecule has 0 heterocycles. The van der Waals surface area contributed by atoms with E-state index in [-0.39, 0.29) is 5.41 Å². The maximum absolute atomic E-state index is 12.8. The fourth-order valence-corrected chi connectivity index (χ4v) is 5.78. The van der Waals surface area contributed by atoms with Gasteiger partial charge in [0.2, 0.25) is 0 Å². The van der Waals surface area contributed by atoms with Crippen molar-refractivity contribution in [1.82, 2.24) is 0 Å². The molecular formula is C39H42O6. The Hall–Kier alpha value is -4.58. The molecule has 0 aromatic heterocycles. The minimum absolute atomic E-state index is 0.147. The molecule has 0 aliphatic heterocycles. The first-order valence-electron chi connectivity index (χ1n) is 16.1. The second-order valence-corrected chi connectivity index (χ2v) is 11.6. The van der Waals surface area contributed by atoms with Gasteiger partial charge in [0, 0.05) is 5.41 Å². The summed E-state index contributed by atoms with van der Waals surface area (Å²) in [5.41, 5.74) is 3.16. The van der Waals surface area contributed by atoms with Crippen LogP contribution in [0.1, 0.15) is 97.1 Å². The van der Waals surface area contributed by atoms with Crippen LogP contribution in [0.5, 0.6) is 23.0 Å². The number of benzene rings is 4. The van der Waals surface area contributed by atoms with E-state index in [4.69, 9.17) is 18.9 Å². The molecule has 1 aliphatic carbocycles. The fourth-order valence-electron chi connectivity index (χ4n) is 5.78. The summed E-state index contributed by atoms with van der Waals surface area (Å²) in [6.45, 7) is 5.56. The predicted molar refractivity (Wildman–Crippen MR) is 176 cm³/mol. The Kier molecular flexibility index (Phi) is 10.9. The molecule has 0 radical (unpaired) electrons. The zero-order valence-corrected chi connectivity index (χ0v) is 26.3. The van der Waals surface area contributed by atoms with Crippen LogP contribution < -0.4 is 18.9 Å². The number of ether oxygens (including phenoxy) is 4. The lowest BCUT2D eigenvalue weighted by Gasteiger charge is -2.31. The van der Waals surface area contributed by atoms with Gasteiger partial charge in [-0.2, -0.15) is 0 Å². The molecule has 0 atom stereocenters. The molecular weight excluding hydrogens is 564 g/mol.